The number of hydrogen-bond acceptors (Lipinski definition) is 3. The third kappa shape index (κ3) is 4.78. The molecule has 4 nitrogen and oxygen atoms in total. The van der Waals surface area contributed by atoms with Crippen molar-refractivity contribution in [2.45, 2.75) is 52.7 Å². The second-order valence-electron chi connectivity index (χ2n) is 5.30. The van der Waals surface area contributed by atoms with Crippen molar-refractivity contribution in [2.24, 2.45) is 0 Å². The minimum atomic E-state index is 0.440. The van der Waals surface area contributed by atoms with Crippen LogP contribution in [0.25, 0.3) is 0 Å². The molecule has 0 saturated carbocycles. The van der Waals surface area contributed by atoms with E-state index in [0.717, 1.165) is 25.3 Å². The molecular weight excluding hydrogens is 224 g/mol. The van der Waals surface area contributed by atoms with Crippen molar-refractivity contribution in [2.75, 3.05) is 20.1 Å². The summed E-state index contributed by atoms with van der Waals surface area (Å²) in [6.07, 6.45) is 3.25. The average Bonchev–Trinajstić information content (AvgIpc) is 2.82. The second-order valence-corrected chi connectivity index (χ2v) is 5.30. The van der Waals surface area contributed by atoms with E-state index in [-0.39, 0.29) is 0 Å². The lowest BCUT2D eigenvalue weighted by molar-refractivity contribution is 0.251. The van der Waals surface area contributed by atoms with E-state index < -0.39 is 0 Å². The summed E-state index contributed by atoms with van der Waals surface area (Å²) >= 11 is 0. The molecule has 0 saturated heterocycles. The molecule has 1 aromatic heterocycles. The third-order valence-corrected chi connectivity index (χ3v) is 3.48. The van der Waals surface area contributed by atoms with Gasteiger partial charge in [-0.05, 0) is 40.3 Å². The van der Waals surface area contributed by atoms with Gasteiger partial charge in [0.05, 0.1) is 5.69 Å². The molecule has 1 rings (SSSR count). The van der Waals surface area contributed by atoms with Crippen LogP contribution in [0.2, 0.25) is 0 Å². The summed E-state index contributed by atoms with van der Waals surface area (Å²) in [4.78, 5) is 2.39. The molecule has 0 fully saturated rings. The number of likely N-dealkylation sites (N-methyl/N-ethyl adjacent to an activating group) is 1. The van der Waals surface area contributed by atoms with E-state index in [1.54, 1.807) is 0 Å². The first kappa shape index (κ1) is 15.2. The zero-order chi connectivity index (χ0) is 13.5. The Bertz CT molecular complexity index is 332. The smallest absolute Gasteiger partial charge is 0.0762 e. The van der Waals surface area contributed by atoms with E-state index in [9.17, 15) is 0 Å². The van der Waals surface area contributed by atoms with Gasteiger partial charge in [-0.2, -0.15) is 5.10 Å². The Morgan fingerprint density at radius 1 is 1.39 bits per heavy atom. The molecule has 1 heterocycles. The van der Waals surface area contributed by atoms with E-state index in [1.165, 1.54) is 6.42 Å². The van der Waals surface area contributed by atoms with E-state index in [4.69, 9.17) is 0 Å². The van der Waals surface area contributed by atoms with Crippen LogP contribution in [0.5, 0.6) is 0 Å². The van der Waals surface area contributed by atoms with Gasteiger partial charge in [0.25, 0.3) is 0 Å². The van der Waals surface area contributed by atoms with Gasteiger partial charge < -0.3 is 10.2 Å². The molecule has 0 aromatic carbocycles. The highest BCUT2D eigenvalue weighted by Gasteiger charge is 2.06. The predicted octanol–water partition coefficient (Wildman–Crippen LogP) is 2.28. The lowest BCUT2D eigenvalue weighted by Gasteiger charge is -2.23. The fourth-order valence-electron chi connectivity index (χ4n) is 1.76. The highest BCUT2D eigenvalue weighted by molar-refractivity contribution is 4.98. The minimum Gasteiger partial charge on any atom is -0.310 e. The van der Waals surface area contributed by atoms with Crippen molar-refractivity contribution in [3.63, 3.8) is 0 Å². The largest absolute Gasteiger partial charge is 0.310 e. The maximum Gasteiger partial charge on any atom is 0.0762 e. The van der Waals surface area contributed by atoms with Crippen molar-refractivity contribution in [3.05, 3.63) is 18.0 Å². The Morgan fingerprint density at radius 3 is 2.67 bits per heavy atom. The SMILES string of the molecule is CCC(C)N(C)CCNCc1ccn(C(C)C)n1. The fraction of sp³-hybridized carbons (Fsp3) is 0.786. The van der Waals surface area contributed by atoms with Crippen LogP contribution in [0.3, 0.4) is 0 Å². The van der Waals surface area contributed by atoms with E-state index in [1.807, 2.05) is 10.9 Å². The molecule has 1 N–H and O–H groups in total. The Kier molecular flexibility index (Phi) is 6.36. The van der Waals surface area contributed by atoms with Crippen LogP contribution < -0.4 is 5.32 Å². The summed E-state index contributed by atoms with van der Waals surface area (Å²) in [5.74, 6) is 0. The Balaban J connectivity index is 2.21. The lowest BCUT2D eigenvalue weighted by atomic mass is 10.2. The summed E-state index contributed by atoms with van der Waals surface area (Å²) < 4.78 is 2.00. The molecule has 0 spiro atoms. The van der Waals surface area contributed by atoms with Crippen molar-refractivity contribution in [3.8, 4) is 0 Å². The first-order valence-electron chi connectivity index (χ1n) is 6.99. The predicted molar refractivity (Wildman–Crippen MR) is 76.7 cm³/mol. The maximum absolute atomic E-state index is 4.52. The highest BCUT2D eigenvalue weighted by atomic mass is 15.3. The van der Waals surface area contributed by atoms with E-state index in [0.29, 0.717) is 12.1 Å². The molecule has 1 aromatic rings. The first-order chi connectivity index (χ1) is 8.54. The van der Waals surface area contributed by atoms with Crippen molar-refractivity contribution in [1.82, 2.24) is 20.0 Å². The summed E-state index contributed by atoms with van der Waals surface area (Å²) in [6, 6.07) is 3.19. The number of rotatable bonds is 8. The van der Waals surface area contributed by atoms with Crippen molar-refractivity contribution in [1.29, 1.82) is 0 Å². The first-order valence-corrected chi connectivity index (χ1v) is 6.99. The molecule has 0 radical (unpaired) electrons. The van der Waals surface area contributed by atoms with Crippen LogP contribution in [0.15, 0.2) is 12.3 Å². The van der Waals surface area contributed by atoms with Gasteiger partial charge in [0.15, 0.2) is 0 Å². The molecule has 18 heavy (non-hydrogen) atoms. The summed E-state index contributed by atoms with van der Waals surface area (Å²) in [5.41, 5.74) is 1.12. The van der Waals surface area contributed by atoms with Gasteiger partial charge in [-0.1, -0.05) is 6.92 Å². The monoisotopic (exact) mass is 252 g/mol. The van der Waals surface area contributed by atoms with Crippen LogP contribution in [0.4, 0.5) is 0 Å². The maximum atomic E-state index is 4.52. The molecule has 1 unspecified atom stereocenters. The molecule has 0 amide bonds. The zero-order valence-corrected chi connectivity index (χ0v) is 12.5. The fourth-order valence-corrected chi connectivity index (χ4v) is 1.76. The molecule has 0 aliphatic carbocycles. The zero-order valence-electron chi connectivity index (χ0n) is 12.5. The van der Waals surface area contributed by atoms with Crippen LogP contribution >= 0.6 is 0 Å². The number of nitrogens with zero attached hydrogens (tertiary/aromatic N) is 3. The summed E-state index contributed by atoms with van der Waals surface area (Å²) in [6.45, 7) is 11.7. The molecule has 104 valence electrons. The normalized spacial score (nSPS) is 13.5. The molecule has 0 aliphatic heterocycles. The van der Waals surface area contributed by atoms with Gasteiger partial charge >= 0.3 is 0 Å². The molecule has 0 aliphatic rings. The van der Waals surface area contributed by atoms with Gasteiger partial charge in [0.1, 0.15) is 0 Å². The average molecular weight is 252 g/mol. The van der Waals surface area contributed by atoms with Gasteiger partial charge in [-0.3, -0.25) is 4.68 Å². The van der Waals surface area contributed by atoms with Crippen LogP contribution in [-0.2, 0) is 6.54 Å². The van der Waals surface area contributed by atoms with Crippen molar-refractivity contribution >= 4 is 0 Å². The second kappa shape index (κ2) is 7.54. The lowest BCUT2D eigenvalue weighted by Crippen LogP contribution is -2.34. The summed E-state index contributed by atoms with van der Waals surface area (Å²) in [5, 5.41) is 7.96. The quantitative estimate of drug-likeness (QED) is 0.721. The molecule has 1 atom stereocenters. The number of aromatic nitrogens is 2. The van der Waals surface area contributed by atoms with Gasteiger partial charge in [-0.15, -0.1) is 0 Å². The van der Waals surface area contributed by atoms with Gasteiger partial charge in [0, 0.05) is 37.9 Å². The molecule has 0 bridgehead atoms. The standard InChI is InChI=1S/C14H28N4/c1-6-13(4)17(5)10-8-15-11-14-7-9-18(16-14)12(2)3/h7,9,12-13,15H,6,8,10-11H2,1-5H3. The number of hydrogen-bond donors (Lipinski definition) is 1. The van der Waals surface area contributed by atoms with E-state index >= 15 is 0 Å². The topological polar surface area (TPSA) is 33.1 Å². The minimum absolute atomic E-state index is 0.440. The van der Waals surface area contributed by atoms with Crippen LogP contribution in [0.1, 0.15) is 45.9 Å². The Morgan fingerprint density at radius 2 is 2.11 bits per heavy atom. The number of nitrogens with one attached hydrogen (secondary N) is 1. The Labute approximate surface area is 111 Å². The third-order valence-electron chi connectivity index (χ3n) is 3.48. The highest BCUT2D eigenvalue weighted by Crippen LogP contribution is 2.03. The van der Waals surface area contributed by atoms with Crippen molar-refractivity contribution < 1.29 is 0 Å². The van der Waals surface area contributed by atoms with Gasteiger partial charge in [-0.25, -0.2) is 0 Å². The van der Waals surface area contributed by atoms with Crippen LogP contribution in [-0.4, -0.2) is 40.9 Å². The Hall–Kier alpha value is -0.870. The van der Waals surface area contributed by atoms with E-state index in [2.05, 4.69) is 56.1 Å². The molecular formula is C14H28N4. The molecule has 4 heteroatoms. The summed E-state index contributed by atoms with van der Waals surface area (Å²) in [7, 11) is 2.18. The van der Waals surface area contributed by atoms with Gasteiger partial charge in [0.2, 0.25) is 0 Å². The van der Waals surface area contributed by atoms with Crippen LogP contribution in [0, 0.1) is 0 Å².